The molecule has 2 N–H and O–H groups in total. The number of rotatable bonds is 15. The van der Waals surface area contributed by atoms with Gasteiger partial charge in [0, 0.05) is 27.6 Å². The number of nitrogens with one attached hydrogen (secondary N) is 2. The van der Waals surface area contributed by atoms with E-state index in [1.165, 1.54) is 16.8 Å². The number of ether oxygens (including phenoxy) is 2. The molecule has 3 aromatic carbocycles. The second kappa shape index (κ2) is 18.0. The Labute approximate surface area is 289 Å². The van der Waals surface area contributed by atoms with Crippen LogP contribution in [0.2, 0.25) is 0 Å². The summed E-state index contributed by atoms with van der Waals surface area (Å²) in [7, 11) is 4.65. The first-order valence-electron chi connectivity index (χ1n) is 16.6. The Balaban J connectivity index is 1.90. The summed E-state index contributed by atoms with van der Waals surface area (Å²) in [5.74, 6) is -2.45. The second-order valence-electron chi connectivity index (χ2n) is 13.3. The van der Waals surface area contributed by atoms with Gasteiger partial charge in [0.05, 0.1) is 6.42 Å². The molecule has 0 aliphatic rings. The third kappa shape index (κ3) is 11.9. The van der Waals surface area contributed by atoms with Gasteiger partial charge in [0.15, 0.2) is 0 Å². The third-order valence-electron chi connectivity index (χ3n) is 7.89. The molecule has 0 bridgehead atoms. The molecular weight excluding hydrogens is 624 g/mol. The van der Waals surface area contributed by atoms with Gasteiger partial charge in [-0.15, -0.1) is 0 Å². The highest BCUT2D eigenvalue weighted by molar-refractivity contribution is 5.96. The summed E-state index contributed by atoms with van der Waals surface area (Å²) in [6, 6.07) is 19.2. The maximum atomic E-state index is 14.0. The molecule has 0 spiro atoms. The predicted octanol–water partition coefficient (Wildman–Crippen LogP) is 5.00. The van der Waals surface area contributed by atoms with Crippen molar-refractivity contribution in [2.24, 2.45) is 0 Å². The topological polar surface area (TPSA) is 134 Å². The number of benzene rings is 3. The lowest BCUT2D eigenvalue weighted by atomic mass is 9.97. The fourth-order valence-corrected chi connectivity index (χ4v) is 5.27. The Morgan fingerprint density at radius 2 is 1.43 bits per heavy atom. The van der Waals surface area contributed by atoms with Gasteiger partial charge in [-0.25, -0.2) is 4.79 Å². The van der Waals surface area contributed by atoms with Crippen LogP contribution in [0.25, 0.3) is 10.8 Å². The zero-order chi connectivity index (χ0) is 36.1. The van der Waals surface area contributed by atoms with E-state index in [0.29, 0.717) is 12.8 Å². The zero-order valence-electron chi connectivity index (χ0n) is 29.7. The van der Waals surface area contributed by atoms with Gasteiger partial charge in [0.25, 0.3) is 0 Å². The molecule has 3 aromatic rings. The molecule has 0 fully saturated rings. The van der Waals surface area contributed by atoms with Crippen LogP contribution < -0.4 is 10.6 Å². The van der Waals surface area contributed by atoms with Crippen molar-refractivity contribution in [1.29, 1.82) is 0 Å². The molecule has 11 nitrogen and oxygen atoms in total. The van der Waals surface area contributed by atoms with E-state index >= 15 is 0 Å². The first-order chi connectivity index (χ1) is 23.2. The molecule has 0 unspecified atom stereocenters. The van der Waals surface area contributed by atoms with Crippen LogP contribution in [-0.2, 0) is 41.7 Å². The van der Waals surface area contributed by atoms with E-state index in [1.807, 2.05) is 67.6 Å². The van der Waals surface area contributed by atoms with Crippen LogP contribution >= 0.6 is 0 Å². The standard InChI is InChI=1S/C38H50N4O7/c1-8-9-22-32(42(7)37(47)49-38(2,3)4)35(45)39-30(24-33(43)48-25-26-16-11-10-12-17-26)34(44)40-31(36(46)41(5)6)23-28-20-15-19-27-18-13-14-21-29(27)28/h10-21,30-32H,8-9,22-25H2,1-7H3,(H,39,45)(H,40,44)/t30-,31-,32-/m0/s1. The highest BCUT2D eigenvalue weighted by Crippen LogP contribution is 2.21. The number of nitrogens with zero attached hydrogens (tertiary/aromatic N) is 2. The molecule has 49 heavy (non-hydrogen) atoms. The molecule has 0 aliphatic heterocycles. The molecule has 0 heterocycles. The number of carbonyl (C=O) groups excluding carboxylic acids is 5. The smallest absolute Gasteiger partial charge is 0.410 e. The van der Waals surface area contributed by atoms with E-state index in [2.05, 4.69) is 10.6 Å². The summed E-state index contributed by atoms with van der Waals surface area (Å²) in [4.78, 5) is 69.9. The lowest BCUT2D eigenvalue weighted by Crippen LogP contribution is -2.57. The van der Waals surface area contributed by atoms with Gasteiger partial charge >= 0.3 is 12.1 Å². The third-order valence-corrected chi connectivity index (χ3v) is 7.89. The van der Waals surface area contributed by atoms with Crippen molar-refractivity contribution in [3.63, 3.8) is 0 Å². The minimum atomic E-state index is -1.41. The average molecular weight is 675 g/mol. The van der Waals surface area contributed by atoms with Crippen LogP contribution in [0, 0.1) is 0 Å². The van der Waals surface area contributed by atoms with E-state index in [4.69, 9.17) is 9.47 Å². The number of fused-ring (bicyclic) bond motifs is 1. The highest BCUT2D eigenvalue weighted by Gasteiger charge is 2.35. The highest BCUT2D eigenvalue weighted by atomic mass is 16.6. The van der Waals surface area contributed by atoms with Crippen LogP contribution in [0.15, 0.2) is 72.8 Å². The Hall–Kier alpha value is -4.93. The SMILES string of the molecule is CCCC[C@@H](C(=O)N[C@@H](CC(=O)OCc1ccccc1)C(=O)N[C@@H](Cc1cccc2ccccc12)C(=O)N(C)C)N(C)C(=O)OC(C)(C)C. The largest absolute Gasteiger partial charge is 0.461 e. The van der Waals surface area contributed by atoms with E-state index in [1.54, 1.807) is 47.0 Å². The molecule has 0 saturated heterocycles. The normalized spacial score (nSPS) is 13.0. The van der Waals surface area contributed by atoms with Crippen LogP contribution in [0.3, 0.4) is 0 Å². The molecule has 11 heteroatoms. The first kappa shape index (κ1) is 38.5. The van der Waals surface area contributed by atoms with Gasteiger partial charge in [-0.2, -0.15) is 0 Å². The lowest BCUT2D eigenvalue weighted by Gasteiger charge is -2.31. The number of carbonyl (C=O) groups is 5. The number of hydrogen-bond acceptors (Lipinski definition) is 7. The van der Waals surface area contributed by atoms with Gasteiger partial charge < -0.3 is 25.0 Å². The second-order valence-corrected chi connectivity index (χ2v) is 13.3. The quantitative estimate of drug-likeness (QED) is 0.217. The van der Waals surface area contributed by atoms with Crippen molar-refractivity contribution in [2.75, 3.05) is 21.1 Å². The Morgan fingerprint density at radius 1 is 0.796 bits per heavy atom. The van der Waals surface area contributed by atoms with Crippen molar-refractivity contribution in [3.8, 4) is 0 Å². The fourth-order valence-electron chi connectivity index (χ4n) is 5.27. The summed E-state index contributed by atoms with van der Waals surface area (Å²) < 4.78 is 11.0. The minimum Gasteiger partial charge on any atom is -0.461 e. The summed E-state index contributed by atoms with van der Waals surface area (Å²) in [5, 5.41) is 7.42. The summed E-state index contributed by atoms with van der Waals surface area (Å²) in [5.41, 5.74) is 0.812. The Bertz CT molecular complexity index is 1580. The van der Waals surface area contributed by atoms with Crippen molar-refractivity contribution >= 4 is 40.6 Å². The maximum Gasteiger partial charge on any atom is 0.410 e. The van der Waals surface area contributed by atoms with Crippen molar-refractivity contribution in [2.45, 2.75) is 90.1 Å². The van der Waals surface area contributed by atoms with Crippen molar-refractivity contribution < 1.29 is 33.4 Å². The van der Waals surface area contributed by atoms with Crippen LogP contribution in [0.5, 0.6) is 0 Å². The van der Waals surface area contributed by atoms with Gasteiger partial charge in [0.2, 0.25) is 17.7 Å². The van der Waals surface area contributed by atoms with E-state index in [-0.39, 0.29) is 18.9 Å². The van der Waals surface area contributed by atoms with Gasteiger partial charge in [-0.1, -0.05) is 92.6 Å². The van der Waals surface area contributed by atoms with E-state index in [9.17, 15) is 24.0 Å². The monoisotopic (exact) mass is 674 g/mol. The molecule has 0 aromatic heterocycles. The molecule has 4 amide bonds. The number of unbranched alkanes of at least 4 members (excludes halogenated alkanes) is 1. The van der Waals surface area contributed by atoms with Crippen LogP contribution in [-0.4, -0.2) is 84.5 Å². The first-order valence-corrected chi connectivity index (χ1v) is 16.6. The van der Waals surface area contributed by atoms with Crippen LogP contribution in [0.4, 0.5) is 4.79 Å². The minimum absolute atomic E-state index is 0.0225. The van der Waals surface area contributed by atoms with Crippen molar-refractivity contribution in [1.82, 2.24) is 20.4 Å². The Kier molecular flexibility index (Phi) is 14.2. The average Bonchev–Trinajstić information content (AvgIpc) is 3.06. The predicted molar refractivity (Wildman–Crippen MR) is 188 cm³/mol. The van der Waals surface area contributed by atoms with E-state index < -0.39 is 54.0 Å². The lowest BCUT2D eigenvalue weighted by molar-refractivity contribution is -0.147. The molecule has 264 valence electrons. The summed E-state index contributed by atoms with van der Waals surface area (Å²) >= 11 is 0. The molecule has 0 aliphatic carbocycles. The summed E-state index contributed by atoms with van der Waals surface area (Å²) in [6.45, 7) is 7.12. The van der Waals surface area contributed by atoms with Crippen molar-refractivity contribution in [3.05, 3.63) is 83.9 Å². The number of esters is 1. The molecular formula is C38H50N4O7. The molecule has 0 saturated carbocycles. The number of likely N-dealkylation sites (N-methyl/N-ethyl adjacent to an activating group) is 2. The van der Waals surface area contributed by atoms with Gasteiger partial charge in [-0.05, 0) is 49.1 Å². The molecule has 3 rings (SSSR count). The number of hydrogen-bond donors (Lipinski definition) is 2. The molecule has 3 atom stereocenters. The van der Waals surface area contributed by atoms with Crippen LogP contribution in [0.1, 0.15) is 64.5 Å². The fraction of sp³-hybridized carbons (Fsp3) is 0.447. The Morgan fingerprint density at radius 3 is 2.08 bits per heavy atom. The zero-order valence-corrected chi connectivity index (χ0v) is 29.7. The number of amides is 4. The molecule has 0 radical (unpaired) electrons. The van der Waals surface area contributed by atoms with Gasteiger partial charge in [0.1, 0.15) is 30.3 Å². The van der Waals surface area contributed by atoms with E-state index in [0.717, 1.165) is 28.3 Å². The maximum absolute atomic E-state index is 14.0. The summed E-state index contributed by atoms with van der Waals surface area (Å²) in [6.07, 6.45) is 0.643. The van der Waals surface area contributed by atoms with Gasteiger partial charge in [-0.3, -0.25) is 24.1 Å².